The Morgan fingerprint density at radius 2 is 2.10 bits per heavy atom. The van der Waals surface area contributed by atoms with Crippen LogP contribution in [0.2, 0.25) is 0 Å². The van der Waals surface area contributed by atoms with Gasteiger partial charge < -0.3 is 4.74 Å². The highest BCUT2D eigenvalue weighted by Gasteiger charge is 2.30. The number of halogens is 3. The maximum atomic E-state index is 12.7. The van der Waals surface area contributed by atoms with Gasteiger partial charge in [0.1, 0.15) is 0 Å². The molecule has 1 aromatic heterocycles. The molecule has 1 aromatic carbocycles. The molecule has 112 valence electrons. The standard InChI is InChI=1S/C14H12F3NO2S/c1-8-3-4-10(14(15,16)17)5-9(8)6-12-18-11(7-21-12)13(19)20-2/h3-5,7H,6H2,1-2H3. The number of carbonyl (C=O) groups excluding carboxylic acids is 1. The number of carbonyl (C=O) groups is 1. The first kappa shape index (κ1) is 15.5. The molecule has 1 heterocycles. The summed E-state index contributed by atoms with van der Waals surface area (Å²) in [5.41, 5.74) is 0.767. The molecule has 21 heavy (non-hydrogen) atoms. The van der Waals surface area contributed by atoms with Gasteiger partial charge >= 0.3 is 12.1 Å². The number of nitrogens with zero attached hydrogens (tertiary/aromatic N) is 1. The fraction of sp³-hybridized carbons (Fsp3) is 0.286. The van der Waals surface area contributed by atoms with Crippen molar-refractivity contribution in [1.82, 2.24) is 4.98 Å². The largest absolute Gasteiger partial charge is 0.464 e. The van der Waals surface area contributed by atoms with Gasteiger partial charge in [0, 0.05) is 11.8 Å². The topological polar surface area (TPSA) is 39.2 Å². The van der Waals surface area contributed by atoms with Crippen LogP contribution in [0.1, 0.15) is 32.2 Å². The fourth-order valence-corrected chi connectivity index (χ4v) is 2.58. The number of benzene rings is 1. The van der Waals surface area contributed by atoms with Gasteiger partial charge in [0.2, 0.25) is 0 Å². The van der Waals surface area contributed by atoms with E-state index in [9.17, 15) is 18.0 Å². The van der Waals surface area contributed by atoms with Crippen molar-refractivity contribution < 1.29 is 22.7 Å². The summed E-state index contributed by atoms with van der Waals surface area (Å²) in [7, 11) is 1.25. The summed E-state index contributed by atoms with van der Waals surface area (Å²) in [4.78, 5) is 15.4. The summed E-state index contributed by atoms with van der Waals surface area (Å²) in [6, 6.07) is 3.61. The summed E-state index contributed by atoms with van der Waals surface area (Å²) >= 11 is 1.22. The minimum Gasteiger partial charge on any atom is -0.464 e. The molecule has 0 N–H and O–H groups in total. The van der Waals surface area contributed by atoms with Crippen LogP contribution in [0.5, 0.6) is 0 Å². The van der Waals surface area contributed by atoms with E-state index in [1.807, 2.05) is 0 Å². The fourth-order valence-electron chi connectivity index (χ4n) is 1.79. The molecule has 0 saturated carbocycles. The molecule has 0 aliphatic carbocycles. The van der Waals surface area contributed by atoms with Crippen LogP contribution in [0.15, 0.2) is 23.6 Å². The lowest BCUT2D eigenvalue weighted by Gasteiger charge is -2.10. The number of ether oxygens (including phenoxy) is 1. The van der Waals surface area contributed by atoms with Crippen molar-refractivity contribution in [2.75, 3.05) is 7.11 Å². The van der Waals surface area contributed by atoms with Crippen molar-refractivity contribution in [1.29, 1.82) is 0 Å². The third kappa shape index (κ3) is 3.60. The van der Waals surface area contributed by atoms with Crippen LogP contribution in [-0.2, 0) is 17.3 Å². The molecule has 0 saturated heterocycles. The first-order valence-corrected chi connectivity index (χ1v) is 6.88. The van der Waals surface area contributed by atoms with E-state index in [1.165, 1.54) is 29.9 Å². The molecule has 0 aliphatic rings. The van der Waals surface area contributed by atoms with Crippen LogP contribution in [0, 0.1) is 6.92 Å². The van der Waals surface area contributed by atoms with Gasteiger partial charge in [-0.1, -0.05) is 6.07 Å². The highest BCUT2D eigenvalue weighted by molar-refractivity contribution is 7.09. The minimum atomic E-state index is -4.37. The predicted octanol–water partition coefficient (Wildman–Crippen LogP) is 3.85. The van der Waals surface area contributed by atoms with Gasteiger partial charge in [-0.3, -0.25) is 0 Å². The maximum absolute atomic E-state index is 12.7. The molecule has 2 aromatic rings. The van der Waals surface area contributed by atoms with Crippen molar-refractivity contribution in [3.63, 3.8) is 0 Å². The van der Waals surface area contributed by atoms with Crippen molar-refractivity contribution in [2.24, 2.45) is 0 Å². The molecule has 0 fully saturated rings. The average molecular weight is 315 g/mol. The van der Waals surface area contributed by atoms with E-state index in [4.69, 9.17) is 0 Å². The Kier molecular flexibility index (Phi) is 4.32. The number of esters is 1. The summed E-state index contributed by atoms with van der Waals surface area (Å²) < 4.78 is 42.7. The molecule has 7 heteroatoms. The second-order valence-electron chi connectivity index (χ2n) is 4.43. The Hall–Kier alpha value is -1.89. The second kappa shape index (κ2) is 5.85. The zero-order chi connectivity index (χ0) is 15.6. The Labute approximate surface area is 123 Å². The lowest BCUT2D eigenvalue weighted by atomic mass is 10.0. The molecule has 2 rings (SSSR count). The normalized spacial score (nSPS) is 11.5. The van der Waals surface area contributed by atoms with Gasteiger partial charge in [0.25, 0.3) is 0 Å². The molecule has 0 unspecified atom stereocenters. The van der Waals surface area contributed by atoms with Gasteiger partial charge in [0.15, 0.2) is 5.69 Å². The van der Waals surface area contributed by atoms with E-state index in [2.05, 4.69) is 9.72 Å². The molecular weight excluding hydrogens is 303 g/mol. The van der Waals surface area contributed by atoms with E-state index >= 15 is 0 Å². The summed E-state index contributed by atoms with van der Waals surface area (Å²) in [6.07, 6.45) is -4.13. The minimum absolute atomic E-state index is 0.169. The molecule has 0 aliphatic heterocycles. The Balaban J connectivity index is 2.27. The monoisotopic (exact) mass is 315 g/mol. The molecular formula is C14H12F3NO2S. The molecule has 0 spiro atoms. The predicted molar refractivity (Wildman–Crippen MR) is 72.4 cm³/mol. The maximum Gasteiger partial charge on any atom is 0.416 e. The molecule has 0 bridgehead atoms. The van der Waals surface area contributed by atoms with Crippen LogP contribution in [0.4, 0.5) is 13.2 Å². The molecule has 0 radical (unpaired) electrons. The quantitative estimate of drug-likeness (QED) is 0.808. The van der Waals surface area contributed by atoms with Crippen LogP contribution in [0.25, 0.3) is 0 Å². The zero-order valence-electron chi connectivity index (χ0n) is 11.3. The van der Waals surface area contributed by atoms with Gasteiger partial charge in [-0.15, -0.1) is 11.3 Å². The number of aromatic nitrogens is 1. The third-order valence-electron chi connectivity index (χ3n) is 2.96. The number of thiazole rings is 1. The Morgan fingerprint density at radius 3 is 2.71 bits per heavy atom. The van der Waals surface area contributed by atoms with Crippen molar-refractivity contribution in [2.45, 2.75) is 19.5 Å². The highest BCUT2D eigenvalue weighted by atomic mass is 32.1. The van der Waals surface area contributed by atoms with Gasteiger partial charge in [-0.25, -0.2) is 9.78 Å². The van der Waals surface area contributed by atoms with Crippen LogP contribution in [0.3, 0.4) is 0 Å². The number of rotatable bonds is 3. The second-order valence-corrected chi connectivity index (χ2v) is 5.38. The first-order chi connectivity index (χ1) is 9.81. The summed E-state index contributed by atoms with van der Waals surface area (Å²) in [5, 5.41) is 2.10. The van der Waals surface area contributed by atoms with E-state index in [0.717, 1.165) is 17.7 Å². The van der Waals surface area contributed by atoms with Gasteiger partial charge in [0.05, 0.1) is 17.7 Å². The average Bonchev–Trinajstić information content (AvgIpc) is 2.87. The molecule has 0 atom stereocenters. The van der Waals surface area contributed by atoms with Crippen LogP contribution in [-0.4, -0.2) is 18.1 Å². The summed E-state index contributed by atoms with van der Waals surface area (Å²) in [5.74, 6) is -0.557. The number of alkyl halides is 3. The molecule has 3 nitrogen and oxygen atoms in total. The smallest absolute Gasteiger partial charge is 0.416 e. The molecule has 0 amide bonds. The first-order valence-electron chi connectivity index (χ1n) is 6.00. The lowest BCUT2D eigenvalue weighted by Crippen LogP contribution is -2.06. The van der Waals surface area contributed by atoms with Gasteiger partial charge in [-0.05, 0) is 30.2 Å². The number of hydrogen-bond donors (Lipinski definition) is 0. The van der Waals surface area contributed by atoms with Gasteiger partial charge in [-0.2, -0.15) is 13.2 Å². The highest BCUT2D eigenvalue weighted by Crippen LogP contribution is 2.31. The number of aryl methyl sites for hydroxylation is 1. The van der Waals surface area contributed by atoms with E-state index in [1.54, 1.807) is 6.92 Å². The van der Waals surface area contributed by atoms with Crippen molar-refractivity contribution in [3.8, 4) is 0 Å². The zero-order valence-corrected chi connectivity index (χ0v) is 12.1. The lowest BCUT2D eigenvalue weighted by molar-refractivity contribution is -0.137. The van der Waals surface area contributed by atoms with E-state index in [-0.39, 0.29) is 12.1 Å². The Bertz CT molecular complexity index is 664. The van der Waals surface area contributed by atoms with Crippen LogP contribution >= 0.6 is 11.3 Å². The van der Waals surface area contributed by atoms with Crippen LogP contribution < -0.4 is 0 Å². The van der Waals surface area contributed by atoms with E-state index in [0.29, 0.717) is 10.6 Å². The Morgan fingerprint density at radius 1 is 1.38 bits per heavy atom. The summed E-state index contributed by atoms with van der Waals surface area (Å²) in [6.45, 7) is 1.74. The third-order valence-corrected chi connectivity index (χ3v) is 3.81. The van der Waals surface area contributed by atoms with E-state index < -0.39 is 17.7 Å². The number of hydrogen-bond acceptors (Lipinski definition) is 4. The van der Waals surface area contributed by atoms with Crippen molar-refractivity contribution in [3.05, 3.63) is 51.0 Å². The van der Waals surface area contributed by atoms with Crippen molar-refractivity contribution >= 4 is 17.3 Å². The number of methoxy groups -OCH3 is 1. The SMILES string of the molecule is COC(=O)c1csc(Cc2cc(C(F)(F)F)ccc2C)n1.